The first-order valence-corrected chi connectivity index (χ1v) is 17.3. The number of hydrogen-bond donors (Lipinski definition) is 0. The summed E-state index contributed by atoms with van der Waals surface area (Å²) in [5.41, 5.74) is 11.3. The second-order valence-electron chi connectivity index (χ2n) is 13.0. The molecule has 0 unspecified atom stereocenters. The van der Waals surface area contributed by atoms with Gasteiger partial charge in [0.15, 0.2) is 17.5 Å². The summed E-state index contributed by atoms with van der Waals surface area (Å²) < 4.78 is 6.89. The molecule has 8 aromatic rings. The number of hydrogen-bond acceptors (Lipinski definition) is 5. The van der Waals surface area contributed by atoms with E-state index in [9.17, 15) is 5.26 Å². The first-order chi connectivity index (χ1) is 25.7. The van der Waals surface area contributed by atoms with Gasteiger partial charge in [0.25, 0.3) is 0 Å². The van der Waals surface area contributed by atoms with Crippen molar-refractivity contribution in [2.24, 2.45) is 0 Å². The number of fused-ring (bicyclic) bond motifs is 9. The van der Waals surface area contributed by atoms with Crippen LogP contribution in [-0.4, -0.2) is 15.0 Å². The number of ether oxygens (including phenoxy) is 1. The fourth-order valence-electron chi connectivity index (χ4n) is 8.00. The van der Waals surface area contributed by atoms with Crippen molar-refractivity contribution in [3.05, 3.63) is 198 Å². The molecule has 52 heavy (non-hydrogen) atoms. The van der Waals surface area contributed by atoms with E-state index in [0.717, 1.165) is 44.7 Å². The standard InChI is InChI=1S/C47H28N4O/c48-29-34-17-11-23-40-42(34)52-43-35(20-12-24-41(43)47(40)38-21-9-7-18-36(38)37-19-8-10-22-39(37)47)30-25-27-33(28-26-30)46-50-44(31-13-3-1-4-14-31)49-45(51-46)32-15-5-2-6-16-32/h1-28H. The summed E-state index contributed by atoms with van der Waals surface area (Å²) in [7, 11) is 0. The van der Waals surface area contributed by atoms with Gasteiger partial charge in [-0.25, -0.2) is 15.0 Å². The van der Waals surface area contributed by atoms with Crippen molar-refractivity contribution in [2.75, 3.05) is 0 Å². The fourth-order valence-corrected chi connectivity index (χ4v) is 8.00. The average Bonchev–Trinajstić information content (AvgIpc) is 3.52. The number of rotatable bonds is 4. The Labute approximate surface area is 301 Å². The van der Waals surface area contributed by atoms with Crippen molar-refractivity contribution < 1.29 is 4.74 Å². The van der Waals surface area contributed by atoms with E-state index in [2.05, 4.69) is 103 Å². The summed E-state index contributed by atoms with van der Waals surface area (Å²) in [5.74, 6) is 3.17. The molecule has 1 spiro atoms. The molecule has 0 saturated heterocycles. The lowest BCUT2D eigenvalue weighted by atomic mass is 9.65. The van der Waals surface area contributed by atoms with Crippen LogP contribution >= 0.6 is 0 Å². The molecule has 0 amide bonds. The van der Waals surface area contributed by atoms with Crippen LogP contribution in [0.15, 0.2) is 170 Å². The second-order valence-corrected chi connectivity index (χ2v) is 13.0. The molecule has 1 aromatic heterocycles. The lowest BCUT2D eigenvalue weighted by molar-refractivity contribution is 0.436. The van der Waals surface area contributed by atoms with Gasteiger partial charge in [-0.2, -0.15) is 5.26 Å². The predicted molar refractivity (Wildman–Crippen MR) is 204 cm³/mol. The van der Waals surface area contributed by atoms with E-state index in [1.165, 1.54) is 22.3 Å². The Hall–Kier alpha value is -7.16. The smallest absolute Gasteiger partial charge is 0.164 e. The van der Waals surface area contributed by atoms with E-state index < -0.39 is 5.41 Å². The maximum absolute atomic E-state index is 10.3. The van der Waals surface area contributed by atoms with Gasteiger partial charge in [-0.1, -0.05) is 164 Å². The van der Waals surface area contributed by atoms with Gasteiger partial charge >= 0.3 is 0 Å². The van der Waals surface area contributed by atoms with Crippen molar-refractivity contribution >= 4 is 0 Å². The lowest BCUT2D eigenvalue weighted by Crippen LogP contribution is -2.32. The number of nitriles is 1. The zero-order chi connectivity index (χ0) is 34.6. The summed E-state index contributed by atoms with van der Waals surface area (Å²) in [6.45, 7) is 0. The van der Waals surface area contributed by atoms with Crippen molar-refractivity contribution in [1.82, 2.24) is 15.0 Å². The minimum absolute atomic E-state index is 0.507. The molecule has 0 N–H and O–H groups in total. The summed E-state index contributed by atoms with van der Waals surface area (Å²) in [4.78, 5) is 14.7. The van der Waals surface area contributed by atoms with Crippen molar-refractivity contribution in [3.8, 4) is 74.0 Å². The normalized spacial score (nSPS) is 12.9. The van der Waals surface area contributed by atoms with Crippen LogP contribution in [0, 0.1) is 11.3 Å². The van der Waals surface area contributed by atoms with Gasteiger partial charge in [0.05, 0.1) is 11.0 Å². The van der Waals surface area contributed by atoms with E-state index in [-0.39, 0.29) is 0 Å². The fraction of sp³-hybridized carbons (Fsp3) is 0.0213. The monoisotopic (exact) mass is 664 g/mol. The maximum Gasteiger partial charge on any atom is 0.164 e. The van der Waals surface area contributed by atoms with Gasteiger partial charge in [-0.15, -0.1) is 0 Å². The number of benzene rings is 7. The Morgan fingerprint density at radius 1 is 0.385 bits per heavy atom. The third-order valence-corrected chi connectivity index (χ3v) is 10.3. The minimum Gasteiger partial charge on any atom is -0.455 e. The van der Waals surface area contributed by atoms with Gasteiger partial charge in [0.1, 0.15) is 17.6 Å². The molecule has 1 aliphatic carbocycles. The topological polar surface area (TPSA) is 71.7 Å². The molecule has 0 atom stereocenters. The molecule has 2 aliphatic rings. The molecule has 5 heteroatoms. The molecule has 5 nitrogen and oxygen atoms in total. The lowest BCUT2D eigenvalue weighted by Gasteiger charge is -2.40. The van der Waals surface area contributed by atoms with Gasteiger partial charge in [-0.3, -0.25) is 0 Å². The van der Waals surface area contributed by atoms with E-state index in [4.69, 9.17) is 19.7 Å². The Morgan fingerprint density at radius 3 is 1.37 bits per heavy atom. The zero-order valence-electron chi connectivity index (χ0n) is 27.9. The Bertz CT molecular complexity index is 2610. The SMILES string of the molecule is N#Cc1cccc2c1Oc1c(-c3ccc(-c4nc(-c5ccccc5)nc(-c5ccccc5)n4)cc3)cccc1C21c2ccccc2-c2ccccc21. The number of nitrogens with zero attached hydrogens (tertiary/aromatic N) is 4. The summed E-state index contributed by atoms with van der Waals surface area (Å²) >= 11 is 0. The first kappa shape index (κ1) is 29.7. The summed E-state index contributed by atoms with van der Waals surface area (Å²) in [6, 6.07) is 60.2. The predicted octanol–water partition coefficient (Wildman–Crippen LogP) is 10.9. The minimum atomic E-state index is -0.661. The highest BCUT2D eigenvalue weighted by atomic mass is 16.5. The van der Waals surface area contributed by atoms with Gasteiger partial charge < -0.3 is 4.74 Å². The number of aromatic nitrogens is 3. The highest BCUT2D eigenvalue weighted by Crippen LogP contribution is 2.63. The highest BCUT2D eigenvalue weighted by molar-refractivity contribution is 5.91. The molecule has 242 valence electrons. The molecule has 1 aliphatic heterocycles. The molecule has 0 fully saturated rings. The maximum atomic E-state index is 10.3. The van der Waals surface area contributed by atoms with E-state index in [1.54, 1.807) is 0 Å². The van der Waals surface area contributed by atoms with Crippen LogP contribution in [0.2, 0.25) is 0 Å². The van der Waals surface area contributed by atoms with Crippen LogP contribution in [0.5, 0.6) is 11.5 Å². The highest BCUT2D eigenvalue weighted by Gasteiger charge is 2.51. The average molecular weight is 665 g/mol. The molecule has 10 rings (SSSR count). The third-order valence-electron chi connectivity index (χ3n) is 10.3. The van der Waals surface area contributed by atoms with Crippen LogP contribution in [0.4, 0.5) is 0 Å². The van der Waals surface area contributed by atoms with E-state index in [1.807, 2.05) is 72.8 Å². The number of para-hydroxylation sites is 2. The third kappa shape index (κ3) is 4.38. The molecule has 0 bridgehead atoms. The van der Waals surface area contributed by atoms with Crippen LogP contribution in [0.3, 0.4) is 0 Å². The van der Waals surface area contributed by atoms with Crippen LogP contribution in [0.1, 0.15) is 27.8 Å². The molecule has 0 radical (unpaired) electrons. The first-order valence-electron chi connectivity index (χ1n) is 17.3. The molecule has 7 aromatic carbocycles. The quantitative estimate of drug-likeness (QED) is 0.187. The molecule has 2 heterocycles. The summed E-state index contributed by atoms with van der Waals surface area (Å²) in [5, 5.41) is 10.3. The van der Waals surface area contributed by atoms with Gasteiger partial charge in [0, 0.05) is 33.4 Å². The molecular weight excluding hydrogens is 637 g/mol. The van der Waals surface area contributed by atoms with Crippen molar-refractivity contribution in [2.45, 2.75) is 5.41 Å². The Balaban J connectivity index is 1.15. The van der Waals surface area contributed by atoms with Crippen LogP contribution in [-0.2, 0) is 5.41 Å². The largest absolute Gasteiger partial charge is 0.455 e. The zero-order valence-corrected chi connectivity index (χ0v) is 27.9. The van der Waals surface area contributed by atoms with Crippen LogP contribution in [0.25, 0.3) is 56.4 Å². The molecule has 0 saturated carbocycles. The van der Waals surface area contributed by atoms with Gasteiger partial charge in [-0.05, 0) is 33.9 Å². The molecular formula is C47H28N4O. The summed E-state index contributed by atoms with van der Waals surface area (Å²) in [6.07, 6.45) is 0. The Morgan fingerprint density at radius 2 is 0.808 bits per heavy atom. The Kier molecular flexibility index (Phi) is 6.70. The van der Waals surface area contributed by atoms with Crippen LogP contribution < -0.4 is 4.74 Å². The van der Waals surface area contributed by atoms with Crippen molar-refractivity contribution in [3.63, 3.8) is 0 Å². The van der Waals surface area contributed by atoms with E-state index in [0.29, 0.717) is 28.8 Å². The van der Waals surface area contributed by atoms with Gasteiger partial charge in [0.2, 0.25) is 0 Å². The van der Waals surface area contributed by atoms with E-state index >= 15 is 0 Å². The second kappa shape index (κ2) is 11.7. The van der Waals surface area contributed by atoms with Crippen molar-refractivity contribution in [1.29, 1.82) is 5.26 Å².